The smallest absolute Gasteiger partial charge is 0.316 e. The fourth-order valence-corrected chi connectivity index (χ4v) is 2.14. The van der Waals surface area contributed by atoms with Crippen molar-refractivity contribution in [2.24, 2.45) is 0 Å². The lowest BCUT2D eigenvalue weighted by molar-refractivity contribution is -0.136. The Hall–Kier alpha value is -0.710. The Balaban J connectivity index is 4.36. The molecule has 0 radical (unpaired) electrons. The quantitative estimate of drug-likeness (QED) is 0.738. The molecule has 1 amide bonds. The van der Waals surface area contributed by atoms with E-state index >= 15 is 0 Å². The molecule has 0 aromatic rings. The molecule has 0 aliphatic heterocycles. The minimum Gasteiger partial charge on any atom is -0.480 e. The molecule has 5 heteroatoms. The molecule has 0 fully saturated rings. The van der Waals surface area contributed by atoms with Gasteiger partial charge in [-0.25, -0.2) is 0 Å². The number of rotatable bonds is 7. The van der Waals surface area contributed by atoms with Crippen LogP contribution < -0.4 is 5.32 Å². The summed E-state index contributed by atoms with van der Waals surface area (Å²) < 4.78 is 0. The summed E-state index contributed by atoms with van der Waals surface area (Å²) in [6.45, 7) is 9.47. The third-order valence-electron chi connectivity index (χ3n) is 2.73. The lowest BCUT2D eigenvalue weighted by atomic mass is 10.0. The zero-order chi connectivity index (χ0) is 13.6. The Bertz CT molecular complexity index is 279. The number of amides is 1. The second-order valence-electron chi connectivity index (χ2n) is 4.74. The van der Waals surface area contributed by atoms with Gasteiger partial charge >= 0.3 is 5.97 Å². The second-order valence-corrected chi connectivity index (χ2v) is 6.29. The maximum atomic E-state index is 11.9. The predicted octanol–water partition coefficient (Wildman–Crippen LogP) is 2.28. The number of aliphatic carboxylic acids is 1. The summed E-state index contributed by atoms with van der Waals surface area (Å²) >= 11 is 1.20. The summed E-state index contributed by atoms with van der Waals surface area (Å²) in [6.07, 6.45) is 1.36. The van der Waals surface area contributed by atoms with Crippen molar-refractivity contribution in [3.8, 4) is 0 Å². The highest BCUT2D eigenvalue weighted by Crippen LogP contribution is 2.21. The maximum Gasteiger partial charge on any atom is 0.316 e. The third-order valence-corrected chi connectivity index (χ3v) is 4.22. The highest BCUT2D eigenvalue weighted by Gasteiger charge is 2.26. The van der Waals surface area contributed by atoms with Gasteiger partial charge in [0.05, 0.1) is 5.25 Å². The molecule has 0 bridgehead atoms. The first-order valence-electron chi connectivity index (χ1n) is 5.93. The van der Waals surface area contributed by atoms with Crippen LogP contribution in [0.25, 0.3) is 0 Å². The Morgan fingerprint density at radius 3 is 2.24 bits per heavy atom. The van der Waals surface area contributed by atoms with Crippen LogP contribution in [0, 0.1) is 0 Å². The first-order chi connectivity index (χ1) is 7.73. The number of carboxylic acids is 1. The van der Waals surface area contributed by atoms with Crippen LogP contribution in [-0.4, -0.2) is 33.0 Å². The molecule has 0 saturated carbocycles. The zero-order valence-corrected chi connectivity index (χ0v) is 12.1. The predicted molar refractivity (Wildman–Crippen MR) is 71.3 cm³/mol. The number of carbonyl (C=O) groups excluding carboxylic acids is 1. The molecule has 0 rings (SSSR count). The SMILES string of the molecule is CCC(SC(C)C(=O)NC(C)(C)CC)C(=O)O. The first-order valence-corrected chi connectivity index (χ1v) is 6.88. The Kier molecular flexibility index (Phi) is 6.60. The van der Waals surface area contributed by atoms with Crippen molar-refractivity contribution in [1.82, 2.24) is 5.32 Å². The number of thioether (sulfide) groups is 1. The van der Waals surface area contributed by atoms with Gasteiger partial charge in [0.25, 0.3) is 0 Å². The molecule has 2 N–H and O–H groups in total. The highest BCUT2D eigenvalue weighted by atomic mass is 32.2. The van der Waals surface area contributed by atoms with Crippen LogP contribution in [-0.2, 0) is 9.59 Å². The largest absolute Gasteiger partial charge is 0.480 e. The number of carbonyl (C=O) groups is 2. The van der Waals surface area contributed by atoms with Gasteiger partial charge in [-0.05, 0) is 33.6 Å². The van der Waals surface area contributed by atoms with Gasteiger partial charge in [0.15, 0.2) is 0 Å². The summed E-state index contributed by atoms with van der Waals surface area (Å²) in [6, 6.07) is 0. The molecule has 0 aliphatic rings. The van der Waals surface area contributed by atoms with E-state index < -0.39 is 11.2 Å². The molecular weight excluding hydrogens is 238 g/mol. The topological polar surface area (TPSA) is 66.4 Å². The van der Waals surface area contributed by atoms with E-state index in [1.54, 1.807) is 6.92 Å². The van der Waals surface area contributed by atoms with E-state index in [2.05, 4.69) is 5.32 Å². The van der Waals surface area contributed by atoms with Crippen LogP contribution in [0.1, 0.15) is 47.5 Å². The molecule has 0 saturated heterocycles. The summed E-state index contributed by atoms with van der Waals surface area (Å²) in [7, 11) is 0. The standard InChI is InChI=1S/C12H23NO3S/c1-6-9(11(15)16)17-8(3)10(14)13-12(4,5)7-2/h8-9H,6-7H2,1-5H3,(H,13,14)(H,15,16). The van der Waals surface area contributed by atoms with Crippen LogP contribution in [0.3, 0.4) is 0 Å². The van der Waals surface area contributed by atoms with E-state index in [-0.39, 0.29) is 16.7 Å². The molecule has 2 unspecified atom stereocenters. The van der Waals surface area contributed by atoms with E-state index in [1.807, 2.05) is 27.7 Å². The van der Waals surface area contributed by atoms with E-state index in [1.165, 1.54) is 11.8 Å². The average Bonchev–Trinajstić information content (AvgIpc) is 2.24. The van der Waals surface area contributed by atoms with Crippen LogP contribution in [0.5, 0.6) is 0 Å². The van der Waals surface area contributed by atoms with E-state index in [4.69, 9.17) is 5.11 Å². The lowest BCUT2D eigenvalue weighted by Crippen LogP contribution is -2.46. The van der Waals surface area contributed by atoms with Crippen molar-refractivity contribution in [1.29, 1.82) is 0 Å². The normalized spacial score (nSPS) is 15.1. The number of hydrogen-bond acceptors (Lipinski definition) is 3. The summed E-state index contributed by atoms with van der Waals surface area (Å²) in [5, 5.41) is 11.0. The average molecular weight is 261 g/mol. The molecule has 100 valence electrons. The molecule has 4 nitrogen and oxygen atoms in total. The number of nitrogens with one attached hydrogen (secondary N) is 1. The van der Waals surface area contributed by atoms with Gasteiger partial charge in [0.2, 0.25) is 5.91 Å². The van der Waals surface area contributed by atoms with Crippen molar-refractivity contribution in [3.63, 3.8) is 0 Å². The summed E-state index contributed by atoms with van der Waals surface area (Å²) in [5.41, 5.74) is -0.239. The second kappa shape index (κ2) is 6.89. The van der Waals surface area contributed by atoms with Gasteiger partial charge < -0.3 is 10.4 Å². The van der Waals surface area contributed by atoms with Crippen molar-refractivity contribution in [2.45, 2.75) is 63.5 Å². The number of carboxylic acid groups (broad SMARTS) is 1. The molecule has 0 aromatic heterocycles. The van der Waals surface area contributed by atoms with Crippen LogP contribution >= 0.6 is 11.8 Å². The van der Waals surface area contributed by atoms with E-state index in [9.17, 15) is 9.59 Å². The first kappa shape index (κ1) is 16.3. The molecule has 0 heterocycles. The van der Waals surface area contributed by atoms with E-state index in [0.29, 0.717) is 6.42 Å². The van der Waals surface area contributed by atoms with Crippen LogP contribution in [0.15, 0.2) is 0 Å². The van der Waals surface area contributed by atoms with Gasteiger partial charge in [-0.3, -0.25) is 9.59 Å². The fourth-order valence-electron chi connectivity index (χ4n) is 1.16. The van der Waals surface area contributed by atoms with Crippen molar-refractivity contribution < 1.29 is 14.7 Å². The molecule has 17 heavy (non-hydrogen) atoms. The minimum atomic E-state index is -0.855. The Morgan fingerprint density at radius 1 is 1.35 bits per heavy atom. The highest BCUT2D eigenvalue weighted by molar-refractivity contribution is 8.01. The van der Waals surface area contributed by atoms with Gasteiger partial charge in [0.1, 0.15) is 5.25 Å². The Labute approximate surface area is 108 Å². The minimum absolute atomic E-state index is 0.0958. The van der Waals surface area contributed by atoms with Gasteiger partial charge in [-0.2, -0.15) is 0 Å². The van der Waals surface area contributed by atoms with E-state index in [0.717, 1.165) is 6.42 Å². The van der Waals surface area contributed by atoms with Crippen molar-refractivity contribution >= 4 is 23.6 Å². The van der Waals surface area contributed by atoms with Crippen molar-refractivity contribution in [3.05, 3.63) is 0 Å². The summed E-state index contributed by atoms with van der Waals surface area (Å²) in [4.78, 5) is 22.7. The van der Waals surface area contributed by atoms with Crippen molar-refractivity contribution in [2.75, 3.05) is 0 Å². The molecule has 0 spiro atoms. The van der Waals surface area contributed by atoms with Gasteiger partial charge in [-0.1, -0.05) is 13.8 Å². The zero-order valence-electron chi connectivity index (χ0n) is 11.2. The monoisotopic (exact) mass is 261 g/mol. The molecule has 0 aromatic carbocycles. The van der Waals surface area contributed by atoms with Gasteiger partial charge in [0, 0.05) is 5.54 Å². The molecule has 0 aliphatic carbocycles. The maximum absolute atomic E-state index is 11.9. The van der Waals surface area contributed by atoms with Crippen LogP contribution in [0.2, 0.25) is 0 Å². The number of hydrogen-bond donors (Lipinski definition) is 2. The third kappa shape index (κ3) is 5.96. The summed E-state index contributed by atoms with van der Waals surface area (Å²) in [5.74, 6) is -0.951. The Morgan fingerprint density at radius 2 is 1.88 bits per heavy atom. The van der Waals surface area contributed by atoms with Gasteiger partial charge in [-0.15, -0.1) is 11.8 Å². The lowest BCUT2D eigenvalue weighted by Gasteiger charge is -2.27. The fraction of sp³-hybridized carbons (Fsp3) is 0.833. The van der Waals surface area contributed by atoms with Crippen LogP contribution in [0.4, 0.5) is 0 Å². The molecule has 2 atom stereocenters. The molecular formula is C12H23NO3S.